The lowest BCUT2D eigenvalue weighted by Gasteiger charge is -2.44. The Hall–Kier alpha value is -1.09. The predicted octanol–water partition coefficient (Wildman–Crippen LogP) is 3.96. The highest BCUT2D eigenvalue weighted by atomic mass is 16.5. The first-order valence-corrected chi connectivity index (χ1v) is 7.81. The number of fused-ring (bicyclic) bond motifs is 1. The van der Waals surface area contributed by atoms with Gasteiger partial charge in [-0.1, -0.05) is 41.5 Å². The fourth-order valence-electron chi connectivity index (χ4n) is 3.26. The summed E-state index contributed by atoms with van der Waals surface area (Å²) in [4.78, 5) is 4.68. The van der Waals surface area contributed by atoms with E-state index in [0.29, 0.717) is 0 Å². The van der Waals surface area contributed by atoms with Crippen LogP contribution < -0.4 is 4.74 Å². The molecule has 0 radical (unpaired) electrons. The van der Waals surface area contributed by atoms with Gasteiger partial charge >= 0.3 is 0 Å². The standard InChI is InChI=1S/C18H29NO2/c1-16(2,3)13-11-19-15-12(14(13)21-7)9-8-10-18(15,20)17(4,5)6/h11,20H,8-10H2,1-7H3. The number of pyridine rings is 1. The van der Waals surface area contributed by atoms with Crippen LogP contribution in [0.2, 0.25) is 0 Å². The van der Waals surface area contributed by atoms with Crippen molar-refractivity contribution in [2.45, 2.75) is 71.8 Å². The molecule has 1 aromatic heterocycles. The number of aromatic nitrogens is 1. The van der Waals surface area contributed by atoms with Crippen molar-refractivity contribution < 1.29 is 9.84 Å². The molecule has 0 amide bonds. The molecule has 3 nitrogen and oxygen atoms in total. The molecule has 1 unspecified atom stereocenters. The van der Waals surface area contributed by atoms with Crippen molar-refractivity contribution in [2.75, 3.05) is 7.11 Å². The molecule has 1 N–H and O–H groups in total. The van der Waals surface area contributed by atoms with Crippen molar-refractivity contribution in [3.05, 3.63) is 23.0 Å². The molecular weight excluding hydrogens is 262 g/mol. The smallest absolute Gasteiger partial charge is 0.129 e. The summed E-state index contributed by atoms with van der Waals surface area (Å²) in [6.07, 6.45) is 4.54. The van der Waals surface area contributed by atoms with Crippen LogP contribution >= 0.6 is 0 Å². The average molecular weight is 291 g/mol. The average Bonchev–Trinajstić information content (AvgIpc) is 2.35. The second-order valence-corrected chi connectivity index (χ2v) is 8.25. The number of hydrogen-bond acceptors (Lipinski definition) is 3. The molecule has 1 aromatic rings. The van der Waals surface area contributed by atoms with Gasteiger partial charge in [-0.2, -0.15) is 0 Å². The lowest BCUT2D eigenvalue weighted by molar-refractivity contribution is -0.0815. The van der Waals surface area contributed by atoms with Gasteiger partial charge in [-0.05, 0) is 30.1 Å². The maximum atomic E-state index is 11.3. The maximum absolute atomic E-state index is 11.3. The Balaban J connectivity index is 2.70. The highest BCUT2D eigenvalue weighted by molar-refractivity contribution is 5.49. The van der Waals surface area contributed by atoms with Gasteiger partial charge in [-0.25, -0.2) is 0 Å². The molecule has 0 fully saturated rings. The predicted molar refractivity (Wildman–Crippen MR) is 85.8 cm³/mol. The van der Waals surface area contributed by atoms with E-state index >= 15 is 0 Å². The third-order valence-corrected chi connectivity index (χ3v) is 4.74. The van der Waals surface area contributed by atoms with Gasteiger partial charge in [0, 0.05) is 17.3 Å². The fraction of sp³-hybridized carbons (Fsp3) is 0.722. The van der Waals surface area contributed by atoms with E-state index in [0.717, 1.165) is 41.8 Å². The summed E-state index contributed by atoms with van der Waals surface area (Å²) in [5.74, 6) is 0.912. The molecule has 0 aliphatic heterocycles. The summed E-state index contributed by atoms with van der Waals surface area (Å²) in [5, 5.41) is 11.3. The highest BCUT2D eigenvalue weighted by Crippen LogP contribution is 2.49. The van der Waals surface area contributed by atoms with Crippen molar-refractivity contribution in [1.29, 1.82) is 0 Å². The number of methoxy groups -OCH3 is 1. The Morgan fingerprint density at radius 1 is 1.19 bits per heavy atom. The minimum atomic E-state index is -0.885. The summed E-state index contributed by atoms with van der Waals surface area (Å²) in [7, 11) is 1.72. The van der Waals surface area contributed by atoms with Crippen LogP contribution in [0.15, 0.2) is 6.20 Å². The molecule has 1 aliphatic rings. The van der Waals surface area contributed by atoms with E-state index in [1.54, 1.807) is 7.11 Å². The lowest BCUT2D eigenvalue weighted by atomic mass is 9.67. The van der Waals surface area contributed by atoms with Gasteiger partial charge in [0.1, 0.15) is 11.4 Å². The third-order valence-electron chi connectivity index (χ3n) is 4.74. The van der Waals surface area contributed by atoms with Crippen molar-refractivity contribution in [3.63, 3.8) is 0 Å². The zero-order valence-electron chi connectivity index (χ0n) is 14.5. The minimum Gasteiger partial charge on any atom is -0.496 e. The molecule has 0 bridgehead atoms. The monoisotopic (exact) mass is 291 g/mol. The van der Waals surface area contributed by atoms with Gasteiger partial charge in [0.05, 0.1) is 12.8 Å². The van der Waals surface area contributed by atoms with E-state index in [-0.39, 0.29) is 10.8 Å². The fourth-order valence-corrected chi connectivity index (χ4v) is 3.26. The largest absolute Gasteiger partial charge is 0.496 e. The van der Waals surface area contributed by atoms with Gasteiger partial charge in [-0.3, -0.25) is 4.98 Å². The second-order valence-electron chi connectivity index (χ2n) is 8.25. The van der Waals surface area contributed by atoms with Crippen LogP contribution in [0, 0.1) is 5.41 Å². The minimum absolute atomic E-state index is 0.0231. The normalized spacial score (nSPS) is 22.9. The topological polar surface area (TPSA) is 42.4 Å². The van der Waals surface area contributed by atoms with E-state index in [4.69, 9.17) is 4.74 Å². The molecular formula is C18H29NO2. The van der Waals surface area contributed by atoms with Crippen LogP contribution in [0.1, 0.15) is 71.2 Å². The first-order chi connectivity index (χ1) is 9.52. The quantitative estimate of drug-likeness (QED) is 0.851. The van der Waals surface area contributed by atoms with E-state index in [9.17, 15) is 5.11 Å². The van der Waals surface area contributed by atoms with Gasteiger partial charge in [0.2, 0.25) is 0 Å². The van der Waals surface area contributed by atoms with Gasteiger partial charge < -0.3 is 9.84 Å². The summed E-state index contributed by atoms with van der Waals surface area (Å²) >= 11 is 0. The maximum Gasteiger partial charge on any atom is 0.129 e. The summed E-state index contributed by atoms with van der Waals surface area (Å²) in [6, 6.07) is 0. The zero-order chi connectivity index (χ0) is 16.1. The van der Waals surface area contributed by atoms with Crippen molar-refractivity contribution in [1.82, 2.24) is 4.98 Å². The lowest BCUT2D eigenvalue weighted by Crippen LogP contribution is -2.44. The summed E-state index contributed by atoms with van der Waals surface area (Å²) in [6.45, 7) is 12.7. The first-order valence-electron chi connectivity index (χ1n) is 7.81. The molecule has 1 atom stereocenters. The molecule has 0 aromatic carbocycles. The zero-order valence-corrected chi connectivity index (χ0v) is 14.5. The number of nitrogens with zero attached hydrogens (tertiary/aromatic N) is 1. The Morgan fingerprint density at radius 2 is 1.81 bits per heavy atom. The summed E-state index contributed by atoms with van der Waals surface area (Å²) in [5.41, 5.74) is 1.86. The number of aliphatic hydroxyl groups is 1. The van der Waals surface area contributed by atoms with Crippen LogP contribution in [0.4, 0.5) is 0 Å². The third kappa shape index (κ3) is 2.57. The van der Waals surface area contributed by atoms with Gasteiger partial charge in [0.25, 0.3) is 0 Å². The Labute approximate surface area is 128 Å². The number of hydrogen-bond donors (Lipinski definition) is 1. The molecule has 0 saturated heterocycles. The summed E-state index contributed by atoms with van der Waals surface area (Å²) < 4.78 is 5.73. The van der Waals surface area contributed by atoms with E-state index < -0.39 is 5.60 Å². The number of ether oxygens (including phenoxy) is 1. The molecule has 2 rings (SSSR count). The molecule has 1 aliphatic carbocycles. The SMILES string of the molecule is COc1c(C(C)(C)C)cnc2c1CCCC2(O)C(C)(C)C. The molecule has 0 saturated carbocycles. The van der Waals surface area contributed by atoms with E-state index in [1.807, 2.05) is 6.20 Å². The molecule has 118 valence electrons. The van der Waals surface area contributed by atoms with E-state index in [1.165, 1.54) is 0 Å². The van der Waals surface area contributed by atoms with Crippen LogP contribution in [-0.2, 0) is 17.4 Å². The van der Waals surface area contributed by atoms with Crippen molar-refractivity contribution in [3.8, 4) is 5.75 Å². The van der Waals surface area contributed by atoms with Crippen LogP contribution in [0.25, 0.3) is 0 Å². The van der Waals surface area contributed by atoms with Crippen LogP contribution in [0.5, 0.6) is 5.75 Å². The van der Waals surface area contributed by atoms with Crippen molar-refractivity contribution in [2.24, 2.45) is 5.41 Å². The Kier molecular flexibility index (Phi) is 3.86. The van der Waals surface area contributed by atoms with Crippen molar-refractivity contribution >= 4 is 0 Å². The first kappa shape index (κ1) is 16.3. The molecule has 0 spiro atoms. The number of rotatable bonds is 1. The van der Waals surface area contributed by atoms with Gasteiger partial charge in [0.15, 0.2) is 0 Å². The molecule has 3 heteroatoms. The second kappa shape index (κ2) is 4.98. The van der Waals surface area contributed by atoms with Crippen LogP contribution in [-0.4, -0.2) is 17.2 Å². The molecule has 1 heterocycles. The van der Waals surface area contributed by atoms with E-state index in [2.05, 4.69) is 46.5 Å². The molecule has 21 heavy (non-hydrogen) atoms. The van der Waals surface area contributed by atoms with Gasteiger partial charge in [-0.15, -0.1) is 0 Å². The Morgan fingerprint density at radius 3 is 2.29 bits per heavy atom. The van der Waals surface area contributed by atoms with Crippen LogP contribution in [0.3, 0.4) is 0 Å². The Bertz CT molecular complexity index is 537. The highest BCUT2D eigenvalue weighted by Gasteiger charge is 2.47.